The lowest BCUT2D eigenvalue weighted by Crippen LogP contribution is -2.63. The first-order valence-corrected chi connectivity index (χ1v) is 13.9. The van der Waals surface area contributed by atoms with Gasteiger partial charge in [-0.3, -0.25) is 19.3 Å². The van der Waals surface area contributed by atoms with Crippen molar-refractivity contribution in [3.05, 3.63) is 53.6 Å². The third-order valence-electron chi connectivity index (χ3n) is 7.54. The molecule has 2 aromatic carbocycles. The Morgan fingerprint density at radius 1 is 0.951 bits per heavy atom. The van der Waals surface area contributed by atoms with E-state index in [0.717, 1.165) is 12.8 Å². The number of fused-ring (bicyclic) bond motifs is 1. The number of hydrogen-bond donors (Lipinski definition) is 2. The zero-order valence-electron chi connectivity index (χ0n) is 23.8. The van der Waals surface area contributed by atoms with Crippen LogP contribution in [0.1, 0.15) is 48.0 Å². The molecule has 2 unspecified atom stereocenters. The number of carbonyl (C=O) groups excluding carboxylic acids is 4. The summed E-state index contributed by atoms with van der Waals surface area (Å²) < 4.78 is 15.6. The van der Waals surface area contributed by atoms with Crippen molar-refractivity contribution in [1.82, 2.24) is 15.1 Å². The molecule has 2 aliphatic rings. The second kappa shape index (κ2) is 14.0. The number of nitrogens with one attached hydrogen (secondary N) is 2. The topological polar surface area (TPSA) is 127 Å². The van der Waals surface area contributed by atoms with Crippen molar-refractivity contribution in [3.63, 3.8) is 0 Å². The molecule has 1 saturated carbocycles. The van der Waals surface area contributed by atoms with Crippen LogP contribution in [0.4, 0.5) is 10.5 Å². The van der Waals surface area contributed by atoms with Crippen molar-refractivity contribution in [2.24, 2.45) is 5.92 Å². The summed E-state index contributed by atoms with van der Waals surface area (Å²) in [5.41, 5.74) is 1.71. The van der Waals surface area contributed by atoms with Crippen molar-refractivity contribution in [2.45, 2.75) is 44.7 Å². The van der Waals surface area contributed by atoms with Crippen LogP contribution < -0.4 is 20.1 Å². The third kappa shape index (κ3) is 7.15. The first kappa shape index (κ1) is 29.9. The highest BCUT2D eigenvalue weighted by atomic mass is 16.5. The maximum atomic E-state index is 13.7. The molecule has 1 aliphatic heterocycles. The molecule has 1 heterocycles. The van der Waals surface area contributed by atoms with Gasteiger partial charge in [-0.05, 0) is 49.1 Å². The van der Waals surface area contributed by atoms with Gasteiger partial charge in [-0.15, -0.1) is 0 Å². The Balaban J connectivity index is 1.45. The number of amides is 5. The number of rotatable bonds is 12. The molecule has 4 rings (SSSR count). The van der Waals surface area contributed by atoms with E-state index in [0.29, 0.717) is 60.7 Å². The Labute approximate surface area is 240 Å². The van der Waals surface area contributed by atoms with Gasteiger partial charge in [-0.25, -0.2) is 4.79 Å². The largest absolute Gasteiger partial charge is 0.493 e. The van der Waals surface area contributed by atoms with E-state index in [4.69, 9.17) is 14.2 Å². The van der Waals surface area contributed by atoms with Crippen LogP contribution in [0.5, 0.6) is 11.5 Å². The van der Waals surface area contributed by atoms with Crippen LogP contribution >= 0.6 is 0 Å². The number of ether oxygens (including phenoxy) is 3. The molecule has 5 amide bonds. The SMILES string of the molecule is COCCCNC(=O)c1ccc(CN2C(=O)C3CCCCC3N(CC(=O)Nc3ccc(OC)c(OC)c3)C2=O)cc1. The van der Waals surface area contributed by atoms with E-state index in [9.17, 15) is 19.2 Å². The van der Waals surface area contributed by atoms with Crippen molar-refractivity contribution < 1.29 is 33.4 Å². The number of imide groups is 1. The van der Waals surface area contributed by atoms with Crippen LogP contribution in [-0.2, 0) is 20.9 Å². The van der Waals surface area contributed by atoms with Gasteiger partial charge in [0.05, 0.1) is 26.7 Å². The molecule has 11 nitrogen and oxygen atoms in total. The summed E-state index contributed by atoms with van der Waals surface area (Å²) in [6.07, 6.45) is 3.85. The van der Waals surface area contributed by atoms with Crippen molar-refractivity contribution in [3.8, 4) is 11.5 Å². The highest BCUT2D eigenvalue weighted by Crippen LogP contribution is 2.35. The number of carbonyl (C=O) groups is 4. The van der Waals surface area contributed by atoms with Gasteiger partial charge in [-0.2, -0.15) is 0 Å². The first-order chi connectivity index (χ1) is 19.9. The van der Waals surface area contributed by atoms with E-state index in [1.807, 2.05) is 0 Å². The summed E-state index contributed by atoms with van der Waals surface area (Å²) in [4.78, 5) is 55.3. The minimum Gasteiger partial charge on any atom is -0.493 e. The van der Waals surface area contributed by atoms with Gasteiger partial charge in [-0.1, -0.05) is 25.0 Å². The second-order valence-corrected chi connectivity index (χ2v) is 10.2. The third-order valence-corrected chi connectivity index (χ3v) is 7.54. The normalized spacial score (nSPS) is 18.5. The molecule has 0 radical (unpaired) electrons. The van der Waals surface area contributed by atoms with Gasteiger partial charge < -0.3 is 29.7 Å². The van der Waals surface area contributed by atoms with Crippen molar-refractivity contribution in [2.75, 3.05) is 46.3 Å². The number of anilines is 1. The molecule has 0 aromatic heterocycles. The number of urea groups is 1. The summed E-state index contributed by atoms with van der Waals surface area (Å²) >= 11 is 0. The molecule has 2 atom stereocenters. The maximum absolute atomic E-state index is 13.7. The Morgan fingerprint density at radius 3 is 2.39 bits per heavy atom. The lowest BCUT2D eigenvalue weighted by molar-refractivity contribution is -0.142. The van der Waals surface area contributed by atoms with Gasteiger partial charge in [0, 0.05) is 43.6 Å². The van der Waals surface area contributed by atoms with Crippen LogP contribution in [0.3, 0.4) is 0 Å². The van der Waals surface area contributed by atoms with Crippen LogP contribution in [0.25, 0.3) is 0 Å². The summed E-state index contributed by atoms with van der Waals surface area (Å²) in [6, 6.07) is 11.1. The Morgan fingerprint density at radius 2 is 1.68 bits per heavy atom. The van der Waals surface area contributed by atoms with Crippen molar-refractivity contribution >= 4 is 29.4 Å². The quantitative estimate of drug-likeness (QED) is 0.377. The fourth-order valence-electron chi connectivity index (χ4n) is 5.43. The van der Waals surface area contributed by atoms with E-state index in [2.05, 4.69) is 10.6 Å². The minimum absolute atomic E-state index is 0.0599. The monoisotopic (exact) mass is 566 g/mol. The highest BCUT2D eigenvalue weighted by molar-refractivity contribution is 6.01. The fourth-order valence-corrected chi connectivity index (χ4v) is 5.43. The van der Waals surface area contributed by atoms with Crippen LogP contribution in [0.2, 0.25) is 0 Å². The van der Waals surface area contributed by atoms with Crippen LogP contribution in [0.15, 0.2) is 42.5 Å². The van der Waals surface area contributed by atoms with Gasteiger partial charge in [0.2, 0.25) is 11.8 Å². The zero-order valence-corrected chi connectivity index (χ0v) is 23.8. The number of hydrogen-bond acceptors (Lipinski definition) is 7. The highest BCUT2D eigenvalue weighted by Gasteiger charge is 2.47. The average Bonchev–Trinajstić information content (AvgIpc) is 2.99. The molecule has 1 aliphatic carbocycles. The summed E-state index contributed by atoms with van der Waals surface area (Å²) in [7, 11) is 4.65. The Hall–Kier alpha value is -4.12. The predicted molar refractivity (Wildman–Crippen MR) is 152 cm³/mol. The van der Waals surface area contributed by atoms with Gasteiger partial charge in [0.15, 0.2) is 11.5 Å². The summed E-state index contributed by atoms with van der Waals surface area (Å²) in [6.45, 7) is 0.946. The van der Waals surface area contributed by atoms with Gasteiger partial charge in [0.25, 0.3) is 5.91 Å². The lowest BCUT2D eigenvalue weighted by Gasteiger charge is -2.46. The maximum Gasteiger partial charge on any atom is 0.327 e. The summed E-state index contributed by atoms with van der Waals surface area (Å²) in [5.74, 6) is -0.132. The fraction of sp³-hybridized carbons (Fsp3) is 0.467. The molecule has 2 fully saturated rings. The Bertz CT molecular complexity index is 1250. The number of benzene rings is 2. The van der Waals surface area contributed by atoms with E-state index < -0.39 is 6.03 Å². The Kier molecular flexibility index (Phi) is 10.2. The standard InChI is InChI=1S/C30H38N4O7/c1-39-16-6-15-31-28(36)21-11-9-20(10-12-21)18-34-29(37)23-7-4-5-8-24(23)33(30(34)38)19-27(35)32-22-13-14-25(40-2)26(17-22)41-3/h9-14,17,23-24H,4-8,15-16,18-19H2,1-3H3,(H,31,36)(H,32,35). The van der Waals surface area contributed by atoms with E-state index >= 15 is 0 Å². The van der Waals surface area contributed by atoms with E-state index in [1.165, 1.54) is 24.0 Å². The molecule has 11 heteroatoms. The van der Waals surface area contributed by atoms with Gasteiger partial charge in [0.1, 0.15) is 6.54 Å². The average molecular weight is 567 g/mol. The molecule has 0 bridgehead atoms. The molecule has 0 spiro atoms. The molecule has 220 valence electrons. The first-order valence-electron chi connectivity index (χ1n) is 13.9. The molecule has 2 aromatic rings. The minimum atomic E-state index is -0.486. The van der Waals surface area contributed by atoms with Crippen molar-refractivity contribution in [1.29, 1.82) is 0 Å². The van der Waals surface area contributed by atoms with Crippen LogP contribution in [0, 0.1) is 5.92 Å². The zero-order chi connectivity index (χ0) is 29.4. The molecular weight excluding hydrogens is 528 g/mol. The van der Waals surface area contributed by atoms with E-state index in [1.54, 1.807) is 49.6 Å². The lowest BCUT2D eigenvalue weighted by atomic mass is 9.81. The molecule has 41 heavy (non-hydrogen) atoms. The molecular formula is C30H38N4O7. The number of methoxy groups -OCH3 is 3. The predicted octanol–water partition coefficient (Wildman–Crippen LogP) is 3.43. The van der Waals surface area contributed by atoms with Gasteiger partial charge >= 0.3 is 6.03 Å². The van der Waals surface area contributed by atoms with Crippen LogP contribution in [-0.4, -0.2) is 80.6 Å². The molecule has 1 saturated heterocycles. The van der Waals surface area contributed by atoms with E-state index in [-0.39, 0.29) is 42.8 Å². The summed E-state index contributed by atoms with van der Waals surface area (Å²) in [5, 5.41) is 5.67. The second-order valence-electron chi connectivity index (χ2n) is 10.2. The number of nitrogens with zero attached hydrogens (tertiary/aromatic N) is 2. The smallest absolute Gasteiger partial charge is 0.327 e. The molecule has 2 N–H and O–H groups in total.